The SMILES string of the molecule is CNC(C(=O)O)C(=O)c1cccnc1. The first-order chi connectivity index (χ1) is 6.66. The van der Waals surface area contributed by atoms with Crippen LogP contribution in [0.2, 0.25) is 0 Å². The number of carboxylic acids is 1. The second-order valence-electron chi connectivity index (χ2n) is 2.67. The van der Waals surface area contributed by atoms with E-state index in [1.165, 1.54) is 25.5 Å². The minimum Gasteiger partial charge on any atom is -0.480 e. The topological polar surface area (TPSA) is 79.3 Å². The molecule has 1 aromatic rings. The zero-order chi connectivity index (χ0) is 10.6. The van der Waals surface area contributed by atoms with Gasteiger partial charge in [-0.2, -0.15) is 0 Å². The summed E-state index contributed by atoms with van der Waals surface area (Å²) in [5.74, 6) is -1.69. The van der Waals surface area contributed by atoms with Crippen molar-refractivity contribution in [3.05, 3.63) is 30.1 Å². The Bertz CT molecular complexity index is 337. The van der Waals surface area contributed by atoms with Crippen LogP contribution in [0, 0.1) is 0 Å². The molecule has 1 heterocycles. The van der Waals surface area contributed by atoms with E-state index in [4.69, 9.17) is 5.11 Å². The molecule has 0 aliphatic carbocycles. The largest absolute Gasteiger partial charge is 0.480 e. The molecule has 0 aromatic carbocycles. The highest BCUT2D eigenvalue weighted by molar-refractivity contribution is 6.11. The molecule has 1 unspecified atom stereocenters. The molecule has 0 amide bonds. The number of hydrogen-bond acceptors (Lipinski definition) is 4. The second-order valence-corrected chi connectivity index (χ2v) is 2.67. The number of aromatic nitrogens is 1. The summed E-state index contributed by atoms with van der Waals surface area (Å²) >= 11 is 0. The molecule has 0 bridgehead atoms. The zero-order valence-electron chi connectivity index (χ0n) is 7.60. The van der Waals surface area contributed by atoms with Crippen molar-refractivity contribution in [3.63, 3.8) is 0 Å². The fourth-order valence-electron chi connectivity index (χ4n) is 1.04. The molecule has 14 heavy (non-hydrogen) atoms. The first kappa shape index (κ1) is 10.3. The predicted octanol–water partition coefficient (Wildman–Crippen LogP) is -0.0631. The molecule has 5 nitrogen and oxygen atoms in total. The number of nitrogens with zero attached hydrogens (tertiary/aromatic N) is 1. The first-order valence-electron chi connectivity index (χ1n) is 4.01. The van der Waals surface area contributed by atoms with Gasteiger partial charge in [0.25, 0.3) is 0 Å². The van der Waals surface area contributed by atoms with E-state index in [9.17, 15) is 9.59 Å². The standard InChI is InChI=1S/C9H10N2O3/c1-10-7(9(13)14)8(12)6-3-2-4-11-5-6/h2-5,7,10H,1H3,(H,13,14). The fraction of sp³-hybridized carbons (Fsp3) is 0.222. The molecule has 0 aliphatic heterocycles. The van der Waals surface area contributed by atoms with Crippen LogP contribution in [0.15, 0.2) is 24.5 Å². The number of aliphatic carboxylic acids is 1. The number of nitrogens with one attached hydrogen (secondary N) is 1. The van der Waals surface area contributed by atoms with Crippen molar-refractivity contribution in [2.45, 2.75) is 6.04 Å². The minimum absolute atomic E-state index is 0.286. The van der Waals surface area contributed by atoms with E-state index in [0.717, 1.165) is 0 Å². The van der Waals surface area contributed by atoms with Gasteiger partial charge in [-0.3, -0.25) is 14.6 Å². The Balaban J connectivity index is 2.89. The lowest BCUT2D eigenvalue weighted by Gasteiger charge is -2.08. The average Bonchev–Trinajstić information content (AvgIpc) is 2.19. The highest BCUT2D eigenvalue weighted by Crippen LogP contribution is 2.01. The summed E-state index contributed by atoms with van der Waals surface area (Å²) in [7, 11) is 1.42. The van der Waals surface area contributed by atoms with E-state index in [2.05, 4.69) is 10.3 Å². The Labute approximate surface area is 80.8 Å². The number of carbonyl (C=O) groups excluding carboxylic acids is 1. The van der Waals surface area contributed by atoms with Crippen LogP contribution in [0.25, 0.3) is 0 Å². The molecule has 1 atom stereocenters. The lowest BCUT2D eigenvalue weighted by molar-refractivity contribution is -0.137. The molecule has 0 radical (unpaired) electrons. The lowest BCUT2D eigenvalue weighted by atomic mass is 10.1. The van der Waals surface area contributed by atoms with Crippen LogP contribution in [-0.2, 0) is 4.79 Å². The lowest BCUT2D eigenvalue weighted by Crippen LogP contribution is -2.41. The summed E-state index contributed by atoms with van der Waals surface area (Å²) < 4.78 is 0. The number of likely N-dealkylation sites (N-methyl/N-ethyl adjacent to an activating group) is 1. The number of Topliss-reactive ketones (excluding diaryl/α,β-unsaturated/α-hetero) is 1. The fourth-order valence-corrected chi connectivity index (χ4v) is 1.04. The highest BCUT2D eigenvalue weighted by atomic mass is 16.4. The molecule has 0 saturated heterocycles. The smallest absolute Gasteiger partial charge is 0.328 e. The van der Waals surface area contributed by atoms with Gasteiger partial charge in [0, 0.05) is 18.0 Å². The van der Waals surface area contributed by atoms with Crippen LogP contribution in [0.3, 0.4) is 0 Å². The van der Waals surface area contributed by atoms with Crippen LogP contribution in [0.1, 0.15) is 10.4 Å². The maximum Gasteiger partial charge on any atom is 0.328 e. The molecule has 0 spiro atoms. The van der Waals surface area contributed by atoms with Gasteiger partial charge in [-0.1, -0.05) is 0 Å². The molecule has 74 valence electrons. The Kier molecular flexibility index (Phi) is 3.30. The molecule has 1 aromatic heterocycles. The van der Waals surface area contributed by atoms with Crippen molar-refractivity contribution in [1.29, 1.82) is 0 Å². The van der Waals surface area contributed by atoms with Gasteiger partial charge in [0.05, 0.1) is 0 Å². The Morgan fingerprint density at radius 3 is 2.71 bits per heavy atom. The van der Waals surface area contributed by atoms with Gasteiger partial charge in [-0.25, -0.2) is 0 Å². The van der Waals surface area contributed by atoms with Gasteiger partial charge in [-0.05, 0) is 19.2 Å². The third-order valence-electron chi connectivity index (χ3n) is 1.74. The summed E-state index contributed by atoms with van der Waals surface area (Å²) in [6, 6.07) is 1.91. The summed E-state index contributed by atoms with van der Waals surface area (Å²) in [6.45, 7) is 0. The van der Waals surface area contributed by atoms with E-state index in [-0.39, 0.29) is 5.56 Å². The second kappa shape index (κ2) is 4.48. The van der Waals surface area contributed by atoms with E-state index in [1.54, 1.807) is 6.07 Å². The minimum atomic E-state index is -1.21. The average molecular weight is 194 g/mol. The number of pyridine rings is 1. The van der Waals surface area contributed by atoms with Crippen LogP contribution < -0.4 is 5.32 Å². The quantitative estimate of drug-likeness (QED) is 0.518. The number of hydrogen-bond donors (Lipinski definition) is 2. The number of ketones is 1. The van der Waals surface area contributed by atoms with Crippen LogP contribution in [-0.4, -0.2) is 34.9 Å². The summed E-state index contributed by atoms with van der Waals surface area (Å²) in [4.78, 5) is 25.9. The van der Waals surface area contributed by atoms with Gasteiger partial charge in [0.1, 0.15) is 0 Å². The number of rotatable bonds is 4. The Morgan fingerprint density at radius 2 is 2.29 bits per heavy atom. The Hall–Kier alpha value is -1.75. The summed E-state index contributed by atoms with van der Waals surface area (Å²) in [6.07, 6.45) is 2.86. The normalized spacial score (nSPS) is 12.1. The van der Waals surface area contributed by atoms with Crippen molar-refractivity contribution in [2.24, 2.45) is 0 Å². The van der Waals surface area contributed by atoms with Gasteiger partial charge in [-0.15, -0.1) is 0 Å². The zero-order valence-corrected chi connectivity index (χ0v) is 7.60. The van der Waals surface area contributed by atoms with Crippen molar-refractivity contribution in [3.8, 4) is 0 Å². The first-order valence-corrected chi connectivity index (χ1v) is 4.01. The van der Waals surface area contributed by atoms with E-state index in [1.807, 2.05) is 0 Å². The van der Waals surface area contributed by atoms with Crippen molar-refractivity contribution >= 4 is 11.8 Å². The van der Waals surface area contributed by atoms with Gasteiger partial charge in [0.15, 0.2) is 11.8 Å². The van der Waals surface area contributed by atoms with Crippen molar-refractivity contribution in [1.82, 2.24) is 10.3 Å². The van der Waals surface area contributed by atoms with Gasteiger partial charge < -0.3 is 10.4 Å². The van der Waals surface area contributed by atoms with E-state index < -0.39 is 17.8 Å². The molecule has 0 saturated carbocycles. The van der Waals surface area contributed by atoms with E-state index in [0.29, 0.717) is 0 Å². The highest BCUT2D eigenvalue weighted by Gasteiger charge is 2.25. The van der Waals surface area contributed by atoms with Crippen LogP contribution in [0.4, 0.5) is 0 Å². The summed E-state index contributed by atoms with van der Waals surface area (Å²) in [5.41, 5.74) is 0.286. The molecule has 2 N–H and O–H groups in total. The van der Waals surface area contributed by atoms with Crippen molar-refractivity contribution < 1.29 is 14.7 Å². The third kappa shape index (κ3) is 2.14. The van der Waals surface area contributed by atoms with Crippen molar-refractivity contribution in [2.75, 3.05) is 7.05 Å². The predicted molar refractivity (Wildman–Crippen MR) is 49.1 cm³/mol. The van der Waals surface area contributed by atoms with Gasteiger partial charge in [0.2, 0.25) is 0 Å². The molecular formula is C9H10N2O3. The van der Waals surface area contributed by atoms with Crippen LogP contribution >= 0.6 is 0 Å². The van der Waals surface area contributed by atoms with Gasteiger partial charge >= 0.3 is 5.97 Å². The van der Waals surface area contributed by atoms with Crippen LogP contribution in [0.5, 0.6) is 0 Å². The molecular weight excluding hydrogens is 184 g/mol. The summed E-state index contributed by atoms with van der Waals surface area (Å²) in [5, 5.41) is 11.1. The van der Waals surface area contributed by atoms with E-state index >= 15 is 0 Å². The molecule has 1 rings (SSSR count). The maximum absolute atomic E-state index is 11.5. The number of carbonyl (C=O) groups is 2. The maximum atomic E-state index is 11.5. The monoisotopic (exact) mass is 194 g/mol. The Morgan fingerprint density at radius 1 is 1.57 bits per heavy atom. The molecule has 0 aliphatic rings. The number of carboxylic acid groups (broad SMARTS) is 1. The molecule has 5 heteroatoms. The molecule has 0 fully saturated rings. The third-order valence-corrected chi connectivity index (χ3v) is 1.74.